The Labute approximate surface area is 112 Å². The molecule has 2 aromatic rings. The molecule has 1 heterocycles. The molecule has 1 aromatic heterocycles. The zero-order chi connectivity index (χ0) is 13.8. The molecule has 0 aliphatic rings. The molecule has 0 spiro atoms. The zero-order valence-electron chi connectivity index (χ0n) is 9.44. The lowest BCUT2D eigenvalue weighted by molar-refractivity contribution is 0.303. The van der Waals surface area contributed by atoms with Crippen molar-refractivity contribution in [2.24, 2.45) is 0 Å². The summed E-state index contributed by atoms with van der Waals surface area (Å²) >= 11 is 5.63. The van der Waals surface area contributed by atoms with E-state index < -0.39 is 5.82 Å². The van der Waals surface area contributed by atoms with Gasteiger partial charge < -0.3 is 5.32 Å². The van der Waals surface area contributed by atoms with E-state index in [4.69, 9.17) is 22.3 Å². The van der Waals surface area contributed by atoms with E-state index in [2.05, 4.69) is 20.3 Å². The Kier molecular flexibility index (Phi) is 3.73. The zero-order valence-corrected chi connectivity index (χ0v) is 10.2. The fourth-order valence-electron chi connectivity index (χ4n) is 1.36. The lowest BCUT2D eigenvalue weighted by Crippen LogP contribution is -2.14. The number of hydrogen-bond donors (Lipinski definition) is 2. The highest BCUT2D eigenvalue weighted by Crippen LogP contribution is 2.20. The smallest absolute Gasteiger partial charge is 0.174 e. The maximum Gasteiger partial charge on any atom is 0.174 e. The van der Waals surface area contributed by atoms with Gasteiger partial charge in [0.25, 0.3) is 0 Å². The first kappa shape index (κ1) is 13.0. The number of rotatable bonds is 3. The Morgan fingerprint density at radius 3 is 3.00 bits per heavy atom. The SMILES string of the molecule is N#CCc1nonc1C(=N)Nc1ccc(F)c(Cl)c1. The number of amidine groups is 1. The number of nitriles is 1. The molecule has 19 heavy (non-hydrogen) atoms. The topological polar surface area (TPSA) is 98.6 Å². The molecule has 0 fully saturated rings. The van der Waals surface area contributed by atoms with E-state index in [9.17, 15) is 4.39 Å². The summed E-state index contributed by atoms with van der Waals surface area (Å²) in [5.41, 5.74) is 0.803. The van der Waals surface area contributed by atoms with Crippen LogP contribution in [0.5, 0.6) is 0 Å². The van der Waals surface area contributed by atoms with Gasteiger partial charge in [0.15, 0.2) is 11.5 Å². The van der Waals surface area contributed by atoms with Gasteiger partial charge in [-0.25, -0.2) is 9.02 Å². The normalized spacial score (nSPS) is 9.95. The van der Waals surface area contributed by atoms with Gasteiger partial charge in [0.2, 0.25) is 0 Å². The van der Waals surface area contributed by atoms with E-state index in [0.29, 0.717) is 5.69 Å². The van der Waals surface area contributed by atoms with Gasteiger partial charge in [-0.2, -0.15) is 5.26 Å². The monoisotopic (exact) mass is 279 g/mol. The second-order valence-electron chi connectivity index (χ2n) is 3.52. The molecule has 0 aliphatic carbocycles. The van der Waals surface area contributed by atoms with E-state index in [-0.39, 0.29) is 28.7 Å². The fraction of sp³-hybridized carbons (Fsp3) is 0.0909. The third kappa shape index (κ3) is 2.86. The summed E-state index contributed by atoms with van der Waals surface area (Å²) in [4.78, 5) is 0. The van der Waals surface area contributed by atoms with Crippen LogP contribution in [0.1, 0.15) is 11.4 Å². The van der Waals surface area contributed by atoms with Crippen molar-refractivity contribution in [2.75, 3.05) is 5.32 Å². The minimum Gasteiger partial charge on any atom is -0.339 e. The number of halogens is 2. The van der Waals surface area contributed by atoms with Gasteiger partial charge in [-0.15, -0.1) is 0 Å². The Morgan fingerprint density at radius 2 is 2.32 bits per heavy atom. The second-order valence-corrected chi connectivity index (χ2v) is 3.93. The average Bonchev–Trinajstić information content (AvgIpc) is 2.83. The molecule has 0 aliphatic heterocycles. The Bertz CT molecular complexity index is 663. The summed E-state index contributed by atoms with van der Waals surface area (Å²) in [5, 5.41) is 26.1. The van der Waals surface area contributed by atoms with E-state index in [0.717, 1.165) is 0 Å². The summed E-state index contributed by atoms with van der Waals surface area (Å²) < 4.78 is 17.5. The van der Waals surface area contributed by atoms with Gasteiger partial charge in [0.1, 0.15) is 11.5 Å². The number of hydrogen-bond acceptors (Lipinski definition) is 5. The predicted molar refractivity (Wildman–Crippen MR) is 65.5 cm³/mol. The van der Waals surface area contributed by atoms with Crippen molar-refractivity contribution in [1.82, 2.24) is 10.3 Å². The Morgan fingerprint density at radius 1 is 1.53 bits per heavy atom. The Hall–Kier alpha value is -2.46. The number of aromatic nitrogens is 2. The first-order valence-corrected chi connectivity index (χ1v) is 5.49. The lowest BCUT2D eigenvalue weighted by atomic mass is 10.2. The third-order valence-electron chi connectivity index (χ3n) is 2.23. The van der Waals surface area contributed by atoms with Crippen LogP contribution in [0.25, 0.3) is 0 Å². The number of benzene rings is 1. The standard InChI is InChI=1S/C11H7ClFN5O/c12-7-5-6(1-2-8(7)13)16-11(15)10-9(3-4-14)17-19-18-10/h1-2,5H,3H2,(H2,15,16). The average molecular weight is 280 g/mol. The summed E-state index contributed by atoms with van der Waals surface area (Å²) in [6.45, 7) is 0. The third-order valence-corrected chi connectivity index (χ3v) is 2.52. The quantitative estimate of drug-likeness (QED) is 0.664. The summed E-state index contributed by atoms with van der Waals surface area (Å²) in [6.07, 6.45) is -0.0208. The maximum atomic E-state index is 13.0. The van der Waals surface area contributed by atoms with Crippen LogP contribution in [-0.2, 0) is 6.42 Å². The molecule has 2 N–H and O–H groups in total. The van der Waals surface area contributed by atoms with E-state index in [1.54, 1.807) is 0 Å². The first-order valence-electron chi connectivity index (χ1n) is 5.11. The second kappa shape index (κ2) is 5.46. The van der Waals surface area contributed by atoms with Crippen LogP contribution in [0.15, 0.2) is 22.8 Å². The Balaban J connectivity index is 2.19. The molecule has 0 radical (unpaired) electrons. The molecule has 0 saturated heterocycles. The minimum atomic E-state index is -0.549. The van der Waals surface area contributed by atoms with Crippen LogP contribution in [0.4, 0.5) is 10.1 Å². The molecule has 0 amide bonds. The van der Waals surface area contributed by atoms with Crippen molar-refractivity contribution in [2.45, 2.75) is 6.42 Å². The van der Waals surface area contributed by atoms with E-state index >= 15 is 0 Å². The predicted octanol–water partition coefficient (Wildman–Crippen LogP) is 2.37. The molecule has 96 valence electrons. The van der Waals surface area contributed by atoms with Crippen molar-refractivity contribution in [3.8, 4) is 6.07 Å². The molecular weight excluding hydrogens is 273 g/mol. The molecular formula is C11H7ClFN5O. The van der Waals surface area contributed by atoms with E-state index in [1.165, 1.54) is 18.2 Å². The summed E-state index contributed by atoms with van der Waals surface area (Å²) in [7, 11) is 0. The molecule has 0 bridgehead atoms. The highest BCUT2D eigenvalue weighted by atomic mass is 35.5. The van der Waals surface area contributed by atoms with Crippen molar-refractivity contribution in [3.05, 3.63) is 40.4 Å². The number of nitrogens with zero attached hydrogens (tertiary/aromatic N) is 3. The molecule has 8 heteroatoms. The van der Waals surface area contributed by atoms with Crippen LogP contribution in [-0.4, -0.2) is 16.1 Å². The van der Waals surface area contributed by atoms with Gasteiger partial charge in [0.05, 0.1) is 17.5 Å². The van der Waals surface area contributed by atoms with Crippen LogP contribution >= 0.6 is 11.6 Å². The van der Waals surface area contributed by atoms with Gasteiger partial charge in [-0.1, -0.05) is 16.8 Å². The van der Waals surface area contributed by atoms with Crippen LogP contribution in [0.3, 0.4) is 0 Å². The van der Waals surface area contributed by atoms with Crippen molar-refractivity contribution in [3.63, 3.8) is 0 Å². The molecule has 0 atom stereocenters. The summed E-state index contributed by atoms with van der Waals surface area (Å²) in [6, 6.07) is 5.82. The first-order chi connectivity index (χ1) is 9.11. The van der Waals surface area contributed by atoms with Crippen molar-refractivity contribution >= 4 is 23.1 Å². The van der Waals surface area contributed by atoms with Gasteiger partial charge in [-0.3, -0.25) is 5.41 Å². The van der Waals surface area contributed by atoms with Gasteiger partial charge in [-0.05, 0) is 23.4 Å². The van der Waals surface area contributed by atoms with Crippen molar-refractivity contribution < 1.29 is 9.02 Å². The van der Waals surface area contributed by atoms with E-state index in [1.807, 2.05) is 6.07 Å². The molecule has 0 unspecified atom stereocenters. The van der Waals surface area contributed by atoms with Crippen LogP contribution in [0.2, 0.25) is 5.02 Å². The molecule has 2 rings (SSSR count). The van der Waals surface area contributed by atoms with Crippen LogP contribution < -0.4 is 5.32 Å². The number of nitrogens with one attached hydrogen (secondary N) is 2. The summed E-state index contributed by atoms with van der Waals surface area (Å²) in [5.74, 6) is -0.666. The maximum absolute atomic E-state index is 13.0. The number of anilines is 1. The van der Waals surface area contributed by atoms with Crippen LogP contribution in [0, 0.1) is 22.6 Å². The molecule has 1 aromatic carbocycles. The van der Waals surface area contributed by atoms with Gasteiger partial charge in [0, 0.05) is 5.69 Å². The van der Waals surface area contributed by atoms with Crippen molar-refractivity contribution in [1.29, 1.82) is 10.7 Å². The fourth-order valence-corrected chi connectivity index (χ4v) is 1.55. The minimum absolute atomic E-state index is 0.0208. The lowest BCUT2D eigenvalue weighted by Gasteiger charge is -2.06. The molecule has 0 saturated carbocycles. The largest absolute Gasteiger partial charge is 0.339 e. The highest BCUT2D eigenvalue weighted by molar-refractivity contribution is 6.31. The van der Waals surface area contributed by atoms with Gasteiger partial charge >= 0.3 is 0 Å². The highest BCUT2D eigenvalue weighted by Gasteiger charge is 2.15. The molecule has 6 nitrogen and oxygen atoms in total.